The molecule has 1 saturated carbocycles. The Morgan fingerprint density at radius 1 is 1.24 bits per heavy atom. The zero-order valence-electron chi connectivity index (χ0n) is 11.4. The first-order valence-corrected chi connectivity index (χ1v) is 6.54. The van der Waals surface area contributed by atoms with Crippen LogP contribution in [0.25, 0.3) is 0 Å². The molecule has 3 heteroatoms. The maximum absolute atomic E-state index is 11.2. The van der Waals surface area contributed by atoms with Gasteiger partial charge in [-0.3, -0.25) is 4.79 Å². The van der Waals surface area contributed by atoms with Crippen LogP contribution in [0.15, 0.2) is 0 Å². The summed E-state index contributed by atoms with van der Waals surface area (Å²) in [6.45, 7) is 8.38. The summed E-state index contributed by atoms with van der Waals surface area (Å²) in [5.41, 5.74) is 0.278. The van der Waals surface area contributed by atoms with Gasteiger partial charge in [0.05, 0.1) is 6.61 Å². The van der Waals surface area contributed by atoms with Crippen molar-refractivity contribution in [3.8, 4) is 0 Å². The lowest BCUT2D eigenvalue weighted by atomic mass is 10.0. The molecule has 1 rings (SSSR count). The highest BCUT2D eigenvalue weighted by atomic mass is 16.5. The van der Waals surface area contributed by atoms with Gasteiger partial charge in [-0.1, -0.05) is 13.8 Å². The summed E-state index contributed by atoms with van der Waals surface area (Å²) >= 11 is 0. The molecule has 3 nitrogen and oxygen atoms in total. The summed E-state index contributed by atoms with van der Waals surface area (Å²) in [4.78, 5) is 22.3. The van der Waals surface area contributed by atoms with Gasteiger partial charge in [-0.25, -0.2) is 0 Å². The van der Waals surface area contributed by atoms with E-state index in [0.29, 0.717) is 31.3 Å². The van der Waals surface area contributed by atoms with Crippen LogP contribution < -0.4 is 0 Å². The van der Waals surface area contributed by atoms with Gasteiger partial charge in [-0.2, -0.15) is 0 Å². The molecule has 0 saturated heterocycles. The van der Waals surface area contributed by atoms with Crippen molar-refractivity contribution in [2.45, 2.75) is 53.4 Å². The number of ether oxygens (including phenoxy) is 1. The van der Waals surface area contributed by atoms with Crippen LogP contribution in [0.2, 0.25) is 0 Å². The fourth-order valence-electron chi connectivity index (χ4n) is 2.85. The predicted molar refractivity (Wildman–Crippen MR) is 66.5 cm³/mol. The quantitative estimate of drug-likeness (QED) is 0.642. The fraction of sp³-hybridized carbons (Fsp3) is 0.857. The van der Waals surface area contributed by atoms with E-state index in [9.17, 15) is 9.59 Å². The van der Waals surface area contributed by atoms with E-state index in [1.54, 1.807) is 6.92 Å². The van der Waals surface area contributed by atoms with E-state index in [4.69, 9.17) is 4.74 Å². The standard InChI is InChI=1S/C14H24O3/c1-5-17-13(16)8-6-7-11-12(9-10(2)15)14(11,3)4/h11-12H,5-9H2,1-4H3/t11-,12+/m0/s1. The number of hydrogen-bond donors (Lipinski definition) is 0. The van der Waals surface area contributed by atoms with E-state index in [2.05, 4.69) is 13.8 Å². The Balaban J connectivity index is 2.24. The molecular weight excluding hydrogens is 216 g/mol. The van der Waals surface area contributed by atoms with Gasteiger partial charge < -0.3 is 9.53 Å². The second-order valence-corrected chi connectivity index (χ2v) is 5.64. The van der Waals surface area contributed by atoms with Crippen molar-refractivity contribution in [2.24, 2.45) is 17.3 Å². The normalized spacial score (nSPS) is 25.4. The van der Waals surface area contributed by atoms with Crippen molar-refractivity contribution in [3.63, 3.8) is 0 Å². The smallest absolute Gasteiger partial charge is 0.305 e. The van der Waals surface area contributed by atoms with Crippen LogP contribution in [0.5, 0.6) is 0 Å². The molecule has 1 fully saturated rings. The van der Waals surface area contributed by atoms with Crippen molar-refractivity contribution < 1.29 is 14.3 Å². The molecular formula is C14H24O3. The van der Waals surface area contributed by atoms with Crippen molar-refractivity contribution in [1.29, 1.82) is 0 Å². The molecule has 0 aliphatic heterocycles. The van der Waals surface area contributed by atoms with Gasteiger partial charge in [0.2, 0.25) is 0 Å². The van der Waals surface area contributed by atoms with Crippen molar-refractivity contribution >= 4 is 11.8 Å². The highest BCUT2D eigenvalue weighted by Gasteiger charge is 2.56. The summed E-state index contributed by atoms with van der Waals surface area (Å²) in [7, 11) is 0. The largest absolute Gasteiger partial charge is 0.466 e. The van der Waals surface area contributed by atoms with Gasteiger partial charge in [0.1, 0.15) is 5.78 Å². The molecule has 98 valence electrons. The lowest BCUT2D eigenvalue weighted by molar-refractivity contribution is -0.143. The Labute approximate surface area is 104 Å². The van der Waals surface area contributed by atoms with Crippen LogP contribution in [-0.4, -0.2) is 18.4 Å². The number of hydrogen-bond acceptors (Lipinski definition) is 3. The van der Waals surface area contributed by atoms with Crippen LogP contribution in [0.4, 0.5) is 0 Å². The molecule has 0 aromatic rings. The Morgan fingerprint density at radius 2 is 1.88 bits per heavy atom. The van der Waals surface area contributed by atoms with E-state index in [1.807, 2.05) is 6.92 Å². The van der Waals surface area contributed by atoms with Crippen LogP contribution in [0, 0.1) is 17.3 Å². The first-order valence-electron chi connectivity index (χ1n) is 6.54. The van der Waals surface area contributed by atoms with Crippen LogP contribution in [-0.2, 0) is 14.3 Å². The Hall–Kier alpha value is -0.860. The number of esters is 1. The van der Waals surface area contributed by atoms with E-state index >= 15 is 0 Å². The minimum atomic E-state index is -0.103. The van der Waals surface area contributed by atoms with Crippen molar-refractivity contribution in [1.82, 2.24) is 0 Å². The molecule has 0 N–H and O–H groups in total. The molecule has 0 heterocycles. The number of Topliss-reactive ketones (excluding diaryl/α,β-unsaturated/α-hetero) is 1. The zero-order chi connectivity index (χ0) is 13.1. The highest BCUT2D eigenvalue weighted by Crippen LogP contribution is 2.62. The fourth-order valence-corrected chi connectivity index (χ4v) is 2.85. The summed E-state index contributed by atoms with van der Waals surface area (Å²) < 4.78 is 4.89. The second-order valence-electron chi connectivity index (χ2n) is 5.64. The van der Waals surface area contributed by atoms with Crippen molar-refractivity contribution in [2.75, 3.05) is 6.61 Å². The molecule has 0 spiro atoms. The number of rotatable bonds is 7. The molecule has 1 aliphatic carbocycles. The minimum Gasteiger partial charge on any atom is -0.466 e. The molecule has 0 bridgehead atoms. The van der Waals surface area contributed by atoms with Crippen LogP contribution in [0.3, 0.4) is 0 Å². The molecule has 17 heavy (non-hydrogen) atoms. The lowest BCUT2D eigenvalue weighted by Crippen LogP contribution is -2.03. The Bertz CT molecular complexity index is 294. The van der Waals surface area contributed by atoms with E-state index < -0.39 is 0 Å². The number of ketones is 1. The van der Waals surface area contributed by atoms with E-state index in [1.165, 1.54) is 0 Å². The van der Waals surface area contributed by atoms with Gasteiger partial charge in [0, 0.05) is 12.8 Å². The van der Waals surface area contributed by atoms with Gasteiger partial charge in [0.25, 0.3) is 0 Å². The van der Waals surface area contributed by atoms with E-state index in [0.717, 1.165) is 12.8 Å². The Kier molecular flexibility index (Phi) is 4.72. The van der Waals surface area contributed by atoms with Gasteiger partial charge in [0.15, 0.2) is 0 Å². The zero-order valence-corrected chi connectivity index (χ0v) is 11.4. The second kappa shape index (κ2) is 5.65. The molecule has 2 atom stereocenters. The van der Waals surface area contributed by atoms with Crippen LogP contribution >= 0.6 is 0 Å². The number of carbonyl (C=O) groups is 2. The molecule has 0 radical (unpaired) electrons. The summed E-state index contributed by atoms with van der Waals surface area (Å²) in [5.74, 6) is 1.29. The van der Waals surface area contributed by atoms with Crippen molar-refractivity contribution in [3.05, 3.63) is 0 Å². The minimum absolute atomic E-state index is 0.103. The van der Waals surface area contributed by atoms with Gasteiger partial charge in [-0.15, -0.1) is 0 Å². The third kappa shape index (κ3) is 3.83. The first-order chi connectivity index (χ1) is 7.89. The highest BCUT2D eigenvalue weighted by molar-refractivity contribution is 5.76. The summed E-state index contributed by atoms with van der Waals surface area (Å²) in [5, 5.41) is 0. The average Bonchev–Trinajstić information content (AvgIpc) is 2.69. The molecule has 0 aromatic carbocycles. The SMILES string of the molecule is CCOC(=O)CCC[C@H]1[C@@H](CC(C)=O)C1(C)C. The lowest BCUT2D eigenvalue weighted by Gasteiger charge is -2.03. The maximum atomic E-state index is 11.2. The number of carbonyl (C=O) groups excluding carboxylic acids is 2. The molecule has 1 aliphatic rings. The van der Waals surface area contributed by atoms with Crippen LogP contribution in [0.1, 0.15) is 53.4 Å². The average molecular weight is 240 g/mol. The van der Waals surface area contributed by atoms with E-state index in [-0.39, 0.29) is 17.2 Å². The monoisotopic (exact) mass is 240 g/mol. The molecule has 0 unspecified atom stereocenters. The Morgan fingerprint density at radius 3 is 2.41 bits per heavy atom. The third-order valence-corrected chi connectivity index (χ3v) is 4.00. The topological polar surface area (TPSA) is 43.4 Å². The maximum Gasteiger partial charge on any atom is 0.305 e. The molecule has 0 amide bonds. The van der Waals surface area contributed by atoms with Gasteiger partial charge >= 0.3 is 5.97 Å². The predicted octanol–water partition coefficient (Wildman–Crippen LogP) is 2.97. The first kappa shape index (κ1) is 14.2. The third-order valence-electron chi connectivity index (χ3n) is 4.00. The summed E-state index contributed by atoms with van der Waals surface area (Å²) in [6, 6.07) is 0. The molecule has 0 aromatic heterocycles. The van der Waals surface area contributed by atoms with Gasteiger partial charge in [-0.05, 0) is 43.9 Å². The summed E-state index contributed by atoms with van der Waals surface area (Å²) in [6.07, 6.45) is 3.11.